The Labute approximate surface area is 191 Å². The highest BCUT2D eigenvalue weighted by molar-refractivity contribution is 5.79. The van der Waals surface area contributed by atoms with Crippen LogP contribution in [0.25, 0.3) is 0 Å². The van der Waals surface area contributed by atoms with E-state index in [-0.39, 0.29) is 35.6 Å². The number of carbonyl (C=O) groups is 2. The van der Waals surface area contributed by atoms with Crippen LogP contribution in [0.1, 0.15) is 55.7 Å². The Morgan fingerprint density at radius 2 is 2.03 bits per heavy atom. The van der Waals surface area contributed by atoms with Crippen LogP contribution in [-0.2, 0) is 16.0 Å². The molecule has 1 aliphatic carbocycles. The molecule has 7 heteroatoms. The van der Waals surface area contributed by atoms with Crippen molar-refractivity contribution < 1.29 is 19.1 Å². The average Bonchev–Trinajstić information content (AvgIpc) is 3.28. The second kappa shape index (κ2) is 10.8. The largest absolute Gasteiger partial charge is 0.387 e. The van der Waals surface area contributed by atoms with Crippen molar-refractivity contribution in [3.05, 3.63) is 34.6 Å². The number of rotatable bonds is 7. The number of nitrogens with zero attached hydrogens (tertiary/aromatic N) is 2. The lowest BCUT2D eigenvalue weighted by atomic mass is 9.89. The number of likely N-dealkylation sites (tertiary alicyclic amines) is 1. The highest BCUT2D eigenvalue weighted by atomic mass is 19.1. The maximum atomic E-state index is 14.3. The van der Waals surface area contributed by atoms with Crippen molar-refractivity contribution in [2.75, 3.05) is 26.7 Å². The van der Waals surface area contributed by atoms with Gasteiger partial charge < -0.3 is 15.3 Å². The second-order valence-electron chi connectivity index (χ2n) is 9.70. The SMILES string of the molecule is Cc1ccc(F)c(CC(C)C(=O)N[C@@H]2CCCC(N3CC[C@@H](N(C)C(=O)CO)C3)C2)c1C. The van der Waals surface area contributed by atoms with E-state index in [0.717, 1.165) is 56.3 Å². The summed E-state index contributed by atoms with van der Waals surface area (Å²) in [5, 5.41) is 12.3. The molecular weight excluding hydrogens is 409 g/mol. The van der Waals surface area contributed by atoms with Crippen molar-refractivity contribution in [3.8, 4) is 0 Å². The number of halogens is 1. The van der Waals surface area contributed by atoms with Crippen molar-refractivity contribution in [2.45, 2.75) is 77.4 Å². The van der Waals surface area contributed by atoms with Crippen molar-refractivity contribution in [1.29, 1.82) is 0 Å². The summed E-state index contributed by atoms with van der Waals surface area (Å²) in [6.45, 7) is 7.05. The predicted octanol–water partition coefficient (Wildman–Crippen LogP) is 2.57. The number of benzene rings is 1. The molecule has 1 saturated heterocycles. The Morgan fingerprint density at radius 3 is 2.75 bits per heavy atom. The zero-order valence-electron chi connectivity index (χ0n) is 19.9. The predicted molar refractivity (Wildman–Crippen MR) is 123 cm³/mol. The quantitative estimate of drug-likeness (QED) is 0.674. The lowest BCUT2D eigenvalue weighted by molar-refractivity contribution is -0.134. The summed E-state index contributed by atoms with van der Waals surface area (Å²) in [5.74, 6) is -0.776. The monoisotopic (exact) mass is 447 g/mol. The summed E-state index contributed by atoms with van der Waals surface area (Å²) >= 11 is 0. The molecule has 1 aliphatic heterocycles. The summed E-state index contributed by atoms with van der Waals surface area (Å²) in [6, 6.07) is 3.92. The smallest absolute Gasteiger partial charge is 0.248 e. The van der Waals surface area contributed by atoms with Gasteiger partial charge in [-0.05, 0) is 75.1 Å². The third-order valence-electron chi connectivity index (χ3n) is 7.55. The fourth-order valence-electron chi connectivity index (χ4n) is 5.19. The molecule has 0 radical (unpaired) electrons. The molecule has 2 N–H and O–H groups in total. The lowest BCUT2D eigenvalue weighted by Crippen LogP contribution is -2.47. The normalized spacial score (nSPS) is 24.9. The van der Waals surface area contributed by atoms with Gasteiger partial charge in [-0.2, -0.15) is 0 Å². The van der Waals surface area contributed by atoms with Gasteiger partial charge in [0.2, 0.25) is 11.8 Å². The zero-order valence-corrected chi connectivity index (χ0v) is 19.9. The van der Waals surface area contributed by atoms with Crippen LogP contribution in [0.4, 0.5) is 4.39 Å². The molecule has 0 aromatic heterocycles. The van der Waals surface area contributed by atoms with E-state index in [1.807, 2.05) is 20.8 Å². The van der Waals surface area contributed by atoms with Crippen LogP contribution < -0.4 is 5.32 Å². The number of amides is 2. The van der Waals surface area contributed by atoms with Gasteiger partial charge in [-0.15, -0.1) is 0 Å². The Hall–Kier alpha value is -1.99. The average molecular weight is 448 g/mol. The molecule has 2 aliphatic rings. The van der Waals surface area contributed by atoms with E-state index < -0.39 is 6.61 Å². The van der Waals surface area contributed by atoms with E-state index in [1.165, 1.54) is 6.07 Å². The van der Waals surface area contributed by atoms with Crippen LogP contribution in [-0.4, -0.2) is 71.6 Å². The van der Waals surface area contributed by atoms with Gasteiger partial charge in [0.1, 0.15) is 12.4 Å². The van der Waals surface area contributed by atoms with Crippen LogP contribution in [0.5, 0.6) is 0 Å². The van der Waals surface area contributed by atoms with Crippen molar-refractivity contribution >= 4 is 11.8 Å². The highest BCUT2D eigenvalue weighted by Gasteiger charge is 2.35. The van der Waals surface area contributed by atoms with Crippen LogP contribution in [0, 0.1) is 25.6 Å². The minimum atomic E-state index is -0.450. The number of hydrogen-bond donors (Lipinski definition) is 2. The number of likely N-dealkylation sites (N-methyl/N-ethyl adjacent to an activating group) is 1. The molecule has 0 bridgehead atoms. The first-order chi connectivity index (χ1) is 15.2. The molecule has 2 unspecified atom stereocenters. The molecular formula is C25H38FN3O3. The topological polar surface area (TPSA) is 72.9 Å². The van der Waals surface area contributed by atoms with Gasteiger partial charge in [0, 0.05) is 44.2 Å². The number of aliphatic hydroxyl groups excluding tert-OH is 1. The molecule has 1 aromatic carbocycles. The minimum Gasteiger partial charge on any atom is -0.387 e. The van der Waals surface area contributed by atoms with E-state index in [1.54, 1.807) is 18.0 Å². The molecule has 1 heterocycles. The molecule has 4 atom stereocenters. The number of nitrogens with one attached hydrogen (secondary N) is 1. The van der Waals surface area contributed by atoms with Crippen LogP contribution in [0.3, 0.4) is 0 Å². The molecule has 1 saturated carbocycles. The van der Waals surface area contributed by atoms with Crippen molar-refractivity contribution in [2.24, 2.45) is 5.92 Å². The molecule has 178 valence electrons. The Bertz CT molecular complexity index is 831. The fraction of sp³-hybridized carbons (Fsp3) is 0.680. The maximum Gasteiger partial charge on any atom is 0.248 e. The Balaban J connectivity index is 1.53. The third-order valence-corrected chi connectivity index (χ3v) is 7.55. The van der Waals surface area contributed by atoms with E-state index in [4.69, 9.17) is 5.11 Å². The maximum absolute atomic E-state index is 14.3. The number of aliphatic hydroxyl groups is 1. The molecule has 1 aromatic rings. The molecule has 32 heavy (non-hydrogen) atoms. The van der Waals surface area contributed by atoms with Gasteiger partial charge in [0.15, 0.2) is 0 Å². The first-order valence-corrected chi connectivity index (χ1v) is 11.9. The first kappa shape index (κ1) is 24.6. The standard InChI is InChI=1S/C25H38FN3O3/c1-16-8-9-23(26)22(18(16)3)12-17(2)25(32)27-19-6-5-7-20(13-19)29-11-10-21(14-29)28(4)24(31)15-30/h8-9,17,19-21,30H,5-7,10-15H2,1-4H3,(H,27,32)/t17?,19-,20?,21-/m1/s1. The van der Waals surface area contributed by atoms with Crippen LogP contribution in [0.15, 0.2) is 12.1 Å². The van der Waals surface area contributed by atoms with Gasteiger partial charge in [0.05, 0.1) is 0 Å². The van der Waals surface area contributed by atoms with E-state index in [2.05, 4.69) is 10.2 Å². The van der Waals surface area contributed by atoms with Crippen LogP contribution >= 0.6 is 0 Å². The van der Waals surface area contributed by atoms with E-state index in [9.17, 15) is 14.0 Å². The lowest BCUT2D eigenvalue weighted by Gasteiger charge is -2.36. The van der Waals surface area contributed by atoms with Crippen LogP contribution in [0.2, 0.25) is 0 Å². The highest BCUT2D eigenvalue weighted by Crippen LogP contribution is 2.28. The van der Waals surface area contributed by atoms with E-state index >= 15 is 0 Å². The summed E-state index contributed by atoms with van der Waals surface area (Å²) in [7, 11) is 1.76. The third kappa shape index (κ3) is 5.67. The van der Waals surface area contributed by atoms with Crippen molar-refractivity contribution in [1.82, 2.24) is 15.1 Å². The Morgan fingerprint density at radius 1 is 1.28 bits per heavy atom. The number of aryl methyl sites for hydroxylation is 1. The summed E-state index contributed by atoms with van der Waals surface area (Å²) in [5.41, 5.74) is 2.61. The molecule has 6 nitrogen and oxygen atoms in total. The van der Waals surface area contributed by atoms with Gasteiger partial charge in [-0.1, -0.05) is 13.0 Å². The van der Waals surface area contributed by atoms with Gasteiger partial charge in [-0.3, -0.25) is 14.5 Å². The number of carbonyl (C=O) groups excluding carboxylic acids is 2. The number of hydrogen-bond acceptors (Lipinski definition) is 4. The van der Waals surface area contributed by atoms with Gasteiger partial charge in [-0.25, -0.2) is 4.39 Å². The Kier molecular flexibility index (Phi) is 8.28. The molecule has 2 amide bonds. The van der Waals surface area contributed by atoms with E-state index in [0.29, 0.717) is 18.0 Å². The summed E-state index contributed by atoms with van der Waals surface area (Å²) in [6.07, 6.45) is 5.34. The van der Waals surface area contributed by atoms with Gasteiger partial charge >= 0.3 is 0 Å². The minimum absolute atomic E-state index is 0.0106. The fourth-order valence-corrected chi connectivity index (χ4v) is 5.19. The van der Waals surface area contributed by atoms with Crippen molar-refractivity contribution in [3.63, 3.8) is 0 Å². The molecule has 3 rings (SSSR count). The summed E-state index contributed by atoms with van der Waals surface area (Å²) < 4.78 is 14.3. The first-order valence-electron chi connectivity index (χ1n) is 11.9. The second-order valence-corrected chi connectivity index (χ2v) is 9.70. The van der Waals surface area contributed by atoms with Gasteiger partial charge in [0.25, 0.3) is 0 Å². The molecule has 0 spiro atoms. The summed E-state index contributed by atoms with van der Waals surface area (Å²) in [4.78, 5) is 28.8. The zero-order chi connectivity index (χ0) is 23.4. The molecule has 2 fully saturated rings.